The van der Waals surface area contributed by atoms with Gasteiger partial charge in [-0.05, 0) is 11.3 Å². The normalized spacial score (nSPS) is 23.6. The number of rotatable bonds is 3. The van der Waals surface area contributed by atoms with Gasteiger partial charge in [0.05, 0.1) is 4.99 Å². The Bertz CT molecular complexity index is 296. The number of carbonyl (C=O) groups is 1. The summed E-state index contributed by atoms with van der Waals surface area (Å²) in [5.41, 5.74) is 5.76. The number of nitrogens with two attached hydrogens (primary N) is 1. The van der Waals surface area contributed by atoms with Gasteiger partial charge < -0.3 is 10.6 Å². The second-order valence-corrected chi connectivity index (χ2v) is 6.34. The summed E-state index contributed by atoms with van der Waals surface area (Å²) in [5.74, 6) is 0.791. The summed E-state index contributed by atoms with van der Waals surface area (Å²) in [6, 6.07) is 0. The molecule has 1 aliphatic heterocycles. The summed E-state index contributed by atoms with van der Waals surface area (Å²) in [5, 5.41) is 0. The summed E-state index contributed by atoms with van der Waals surface area (Å²) >= 11 is 4.93. The highest BCUT2D eigenvalue weighted by molar-refractivity contribution is 7.80. The minimum absolute atomic E-state index is 0.109. The standard InChI is InChI=1S/C12H22N2OS/c1-8(11(13)16)6-14-7-9(5-10(14)15)12(2,3)4/h8-9H,5-7H2,1-4H3,(H2,13,16). The molecule has 0 aromatic heterocycles. The third-order valence-electron chi connectivity index (χ3n) is 3.42. The maximum absolute atomic E-state index is 11.8. The third kappa shape index (κ3) is 3.17. The van der Waals surface area contributed by atoms with Crippen LogP contribution in [-0.2, 0) is 4.79 Å². The molecule has 1 rings (SSSR count). The van der Waals surface area contributed by atoms with Gasteiger partial charge in [0.2, 0.25) is 5.91 Å². The van der Waals surface area contributed by atoms with Crippen LogP contribution in [0.5, 0.6) is 0 Å². The van der Waals surface area contributed by atoms with Gasteiger partial charge in [-0.3, -0.25) is 4.79 Å². The number of carbonyl (C=O) groups excluding carboxylic acids is 1. The molecule has 2 unspecified atom stereocenters. The predicted molar refractivity (Wildman–Crippen MR) is 70.1 cm³/mol. The van der Waals surface area contributed by atoms with E-state index >= 15 is 0 Å². The fourth-order valence-electron chi connectivity index (χ4n) is 1.95. The van der Waals surface area contributed by atoms with E-state index in [0.717, 1.165) is 6.54 Å². The first-order chi connectivity index (χ1) is 7.21. The van der Waals surface area contributed by atoms with Crippen molar-refractivity contribution >= 4 is 23.1 Å². The summed E-state index contributed by atoms with van der Waals surface area (Å²) in [7, 11) is 0. The van der Waals surface area contributed by atoms with Gasteiger partial charge in [0.1, 0.15) is 0 Å². The molecule has 16 heavy (non-hydrogen) atoms. The molecular formula is C12H22N2OS. The van der Waals surface area contributed by atoms with Crippen LogP contribution in [0.15, 0.2) is 0 Å². The summed E-state index contributed by atoms with van der Waals surface area (Å²) in [4.78, 5) is 14.2. The molecule has 0 aromatic rings. The van der Waals surface area contributed by atoms with Crippen LogP contribution in [0.2, 0.25) is 0 Å². The second-order valence-electron chi connectivity index (χ2n) is 5.87. The molecule has 92 valence electrons. The van der Waals surface area contributed by atoms with Crippen molar-refractivity contribution in [2.24, 2.45) is 23.0 Å². The van der Waals surface area contributed by atoms with Gasteiger partial charge in [-0.25, -0.2) is 0 Å². The first-order valence-corrected chi connectivity index (χ1v) is 6.19. The van der Waals surface area contributed by atoms with Crippen LogP contribution in [0.25, 0.3) is 0 Å². The SMILES string of the molecule is CC(CN1CC(C(C)(C)C)CC1=O)C(N)=S. The summed E-state index contributed by atoms with van der Waals surface area (Å²) in [6.07, 6.45) is 0.660. The lowest BCUT2D eigenvalue weighted by Gasteiger charge is -2.27. The van der Waals surface area contributed by atoms with Crippen LogP contribution in [0, 0.1) is 17.3 Å². The topological polar surface area (TPSA) is 46.3 Å². The molecule has 0 aromatic carbocycles. The van der Waals surface area contributed by atoms with E-state index in [1.165, 1.54) is 0 Å². The van der Waals surface area contributed by atoms with Crippen LogP contribution < -0.4 is 5.73 Å². The lowest BCUT2D eigenvalue weighted by atomic mass is 9.80. The Kier molecular flexibility index (Phi) is 3.94. The fraction of sp³-hybridized carbons (Fsp3) is 0.833. The number of thiocarbonyl (C=S) groups is 1. The molecule has 0 spiro atoms. The highest BCUT2D eigenvalue weighted by Crippen LogP contribution is 2.34. The molecule has 1 amide bonds. The predicted octanol–water partition coefficient (Wildman–Crippen LogP) is 1.80. The molecule has 0 radical (unpaired) electrons. The first kappa shape index (κ1) is 13.4. The summed E-state index contributed by atoms with van der Waals surface area (Å²) in [6.45, 7) is 10.0. The molecule has 1 aliphatic rings. The van der Waals surface area contributed by atoms with Crippen LogP contribution in [0.1, 0.15) is 34.1 Å². The van der Waals surface area contributed by atoms with E-state index in [4.69, 9.17) is 18.0 Å². The smallest absolute Gasteiger partial charge is 0.222 e. The molecule has 1 heterocycles. The van der Waals surface area contributed by atoms with Crippen LogP contribution >= 0.6 is 12.2 Å². The van der Waals surface area contributed by atoms with Crippen molar-refractivity contribution < 1.29 is 4.79 Å². The van der Waals surface area contributed by atoms with Crippen LogP contribution in [0.3, 0.4) is 0 Å². The Morgan fingerprint density at radius 1 is 1.62 bits per heavy atom. The van der Waals surface area contributed by atoms with E-state index in [1.807, 2.05) is 11.8 Å². The Hall–Kier alpha value is -0.640. The molecule has 1 fully saturated rings. The van der Waals surface area contributed by atoms with Crippen molar-refractivity contribution in [3.05, 3.63) is 0 Å². The van der Waals surface area contributed by atoms with Gasteiger partial charge in [-0.15, -0.1) is 0 Å². The van der Waals surface area contributed by atoms with Gasteiger partial charge in [0, 0.05) is 25.4 Å². The highest BCUT2D eigenvalue weighted by atomic mass is 32.1. The van der Waals surface area contributed by atoms with Crippen molar-refractivity contribution in [1.29, 1.82) is 0 Å². The summed E-state index contributed by atoms with van der Waals surface area (Å²) < 4.78 is 0. The van der Waals surface area contributed by atoms with Gasteiger partial charge in [-0.2, -0.15) is 0 Å². The first-order valence-electron chi connectivity index (χ1n) is 5.79. The average molecular weight is 242 g/mol. The Balaban J connectivity index is 2.59. The number of hydrogen-bond acceptors (Lipinski definition) is 2. The molecule has 0 aliphatic carbocycles. The third-order valence-corrected chi connectivity index (χ3v) is 3.82. The highest BCUT2D eigenvalue weighted by Gasteiger charge is 2.37. The molecule has 3 nitrogen and oxygen atoms in total. The zero-order valence-corrected chi connectivity index (χ0v) is 11.4. The maximum atomic E-state index is 11.8. The largest absolute Gasteiger partial charge is 0.393 e. The molecular weight excluding hydrogens is 220 g/mol. The second kappa shape index (κ2) is 4.70. The van der Waals surface area contributed by atoms with E-state index < -0.39 is 0 Å². The monoisotopic (exact) mass is 242 g/mol. The van der Waals surface area contributed by atoms with Gasteiger partial charge in [-0.1, -0.05) is 39.9 Å². The van der Waals surface area contributed by atoms with E-state index in [-0.39, 0.29) is 17.2 Å². The van der Waals surface area contributed by atoms with Gasteiger partial charge in [0.15, 0.2) is 0 Å². The lowest BCUT2D eigenvalue weighted by molar-refractivity contribution is -0.128. The Morgan fingerprint density at radius 3 is 2.56 bits per heavy atom. The quantitative estimate of drug-likeness (QED) is 0.768. The number of nitrogens with zero attached hydrogens (tertiary/aromatic N) is 1. The molecule has 0 bridgehead atoms. The van der Waals surface area contributed by atoms with Gasteiger partial charge >= 0.3 is 0 Å². The molecule has 0 saturated carbocycles. The van der Waals surface area contributed by atoms with Crippen molar-refractivity contribution in [1.82, 2.24) is 4.90 Å². The molecule has 2 atom stereocenters. The maximum Gasteiger partial charge on any atom is 0.222 e. The van der Waals surface area contributed by atoms with Crippen molar-refractivity contribution in [3.8, 4) is 0 Å². The van der Waals surface area contributed by atoms with E-state index in [0.29, 0.717) is 23.9 Å². The number of likely N-dealkylation sites (tertiary alicyclic amines) is 1. The Labute approximate surface area is 103 Å². The van der Waals surface area contributed by atoms with Crippen LogP contribution in [0.4, 0.5) is 0 Å². The fourth-order valence-corrected chi connectivity index (χ4v) is 2.02. The zero-order valence-electron chi connectivity index (χ0n) is 10.6. The molecule has 1 saturated heterocycles. The van der Waals surface area contributed by atoms with Crippen molar-refractivity contribution in [2.75, 3.05) is 13.1 Å². The van der Waals surface area contributed by atoms with Crippen molar-refractivity contribution in [3.63, 3.8) is 0 Å². The number of hydrogen-bond donors (Lipinski definition) is 1. The average Bonchev–Trinajstić information content (AvgIpc) is 2.47. The lowest BCUT2D eigenvalue weighted by Crippen LogP contribution is -2.35. The Morgan fingerprint density at radius 2 is 2.19 bits per heavy atom. The minimum Gasteiger partial charge on any atom is -0.393 e. The van der Waals surface area contributed by atoms with E-state index in [1.54, 1.807) is 0 Å². The van der Waals surface area contributed by atoms with E-state index in [9.17, 15) is 4.79 Å². The van der Waals surface area contributed by atoms with Crippen molar-refractivity contribution in [2.45, 2.75) is 34.1 Å². The van der Waals surface area contributed by atoms with E-state index in [2.05, 4.69) is 20.8 Å². The molecule has 2 N–H and O–H groups in total. The minimum atomic E-state index is 0.109. The zero-order chi connectivity index (χ0) is 12.5. The van der Waals surface area contributed by atoms with Crippen LogP contribution in [-0.4, -0.2) is 28.9 Å². The number of amides is 1. The van der Waals surface area contributed by atoms with Gasteiger partial charge in [0.25, 0.3) is 0 Å². The molecule has 4 heteroatoms.